The third-order valence-electron chi connectivity index (χ3n) is 9.96. The van der Waals surface area contributed by atoms with Crippen molar-refractivity contribution in [1.82, 2.24) is 34.3 Å². The summed E-state index contributed by atoms with van der Waals surface area (Å²) >= 11 is 0. The summed E-state index contributed by atoms with van der Waals surface area (Å²) in [5.41, 5.74) is -0.578. The first-order valence-corrected chi connectivity index (χ1v) is 16.7. The number of amides is 2. The maximum atomic E-state index is 14.1. The Kier molecular flexibility index (Phi) is 9.71. The molecule has 50 heavy (non-hydrogen) atoms. The lowest BCUT2D eigenvalue weighted by atomic mass is 9.84. The molecule has 6 rings (SSSR count). The summed E-state index contributed by atoms with van der Waals surface area (Å²) in [7, 11) is 5.61. The van der Waals surface area contributed by atoms with Crippen molar-refractivity contribution in [2.24, 2.45) is 13.0 Å². The lowest BCUT2D eigenvalue weighted by Crippen LogP contribution is -2.48. The fraction of sp³-hybridized carbons (Fsp3) is 0.417. The van der Waals surface area contributed by atoms with Crippen molar-refractivity contribution in [2.75, 3.05) is 27.2 Å². The number of alkyl halides is 3. The average Bonchev–Trinajstić information content (AvgIpc) is 3.69. The van der Waals surface area contributed by atoms with E-state index in [1.54, 1.807) is 30.3 Å². The van der Waals surface area contributed by atoms with Crippen molar-refractivity contribution in [3.63, 3.8) is 0 Å². The minimum Gasteiger partial charge on any atom is -0.349 e. The monoisotopic (exact) mass is 688 g/mol. The minimum atomic E-state index is -4.65. The molecule has 2 aromatic carbocycles. The number of carbonyl (C=O) groups is 2. The molecule has 2 amide bonds. The number of aromatic nitrogens is 4. The van der Waals surface area contributed by atoms with E-state index >= 15 is 0 Å². The highest BCUT2D eigenvalue weighted by atomic mass is 19.4. The number of rotatable bonds is 7. The molecule has 0 atom stereocenters. The Labute approximate surface area is 287 Å². The van der Waals surface area contributed by atoms with Crippen LogP contribution < -0.4 is 10.9 Å². The van der Waals surface area contributed by atoms with Crippen LogP contribution in [0, 0.1) is 17.2 Å². The lowest BCUT2D eigenvalue weighted by Gasteiger charge is -2.38. The van der Waals surface area contributed by atoms with Crippen LogP contribution in [0.2, 0.25) is 0 Å². The number of hydrogen-bond donors (Lipinski definition) is 1. The van der Waals surface area contributed by atoms with Crippen LogP contribution in [-0.2, 0) is 18.0 Å². The summed E-state index contributed by atoms with van der Waals surface area (Å²) in [5, 5.41) is 16.6. The number of nitrogens with one attached hydrogen (secondary N) is 1. The van der Waals surface area contributed by atoms with E-state index in [4.69, 9.17) is 0 Å². The molecule has 0 bridgehead atoms. The number of benzene rings is 2. The van der Waals surface area contributed by atoms with Gasteiger partial charge in [-0.2, -0.15) is 23.5 Å². The molecule has 0 unspecified atom stereocenters. The molecule has 2 fully saturated rings. The molecule has 262 valence electrons. The zero-order chi connectivity index (χ0) is 35.7. The number of nitriles is 1. The summed E-state index contributed by atoms with van der Waals surface area (Å²) < 4.78 is 45.0. The van der Waals surface area contributed by atoms with Gasteiger partial charge < -0.3 is 15.1 Å². The number of halogens is 3. The molecule has 1 aliphatic heterocycles. The topological polar surface area (TPSA) is 121 Å². The summed E-state index contributed by atoms with van der Waals surface area (Å²) in [6.45, 7) is 1.46. The van der Waals surface area contributed by atoms with E-state index < -0.39 is 23.2 Å². The van der Waals surface area contributed by atoms with Gasteiger partial charge in [0.25, 0.3) is 11.5 Å². The molecule has 3 heterocycles. The van der Waals surface area contributed by atoms with Crippen molar-refractivity contribution in [2.45, 2.75) is 56.8 Å². The van der Waals surface area contributed by atoms with Gasteiger partial charge in [0.2, 0.25) is 5.91 Å². The van der Waals surface area contributed by atoms with Crippen LogP contribution in [0.15, 0.2) is 65.6 Å². The highest BCUT2D eigenvalue weighted by Crippen LogP contribution is 2.32. The molecule has 0 spiro atoms. The van der Waals surface area contributed by atoms with Crippen molar-refractivity contribution < 1.29 is 22.8 Å². The standard InChI is InChI=1S/C36H39F3N8O3/c1-43(2)27-16-19-45(20-17-27)34(49)24-9-11-26(12-10-24)42-33(48)31-32(30-15-18-41-46(30)28-13-7-23(22-40)8-14-28)44(3)47(35(31)50)29-6-4-5-25(21-29)36(37,38)39/h4-8,13-15,18,21,24,26-27H,9-12,16-17,19-20H2,1-3H3,(H,42,48)/t24-,26-. The van der Waals surface area contributed by atoms with Gasteiger partial charge in [-0.15, -0.1) is 0 Å². The molecular weight excluding hydrogens is 649 g/mol. The van der Waals surface area contributed by atoms with E-state index in [0.29, 0.717) is 48.7 Å². The first-order chi connectivity index (χ1) is 23.9. The smallest absolute Gasteiger partial charge is 0.349 e. The van der Waals surface area contributed by atoms with Gasteiger partial charge in [0.15, 0.2) is 0 Å². The van der Waals surface area contributed by atoms with E-state index in [9.17, 15) is 32.8 Å². The zero-order valence-electron chi connectivity index (χ0n) is 28.2. The number of carbonyl (C=O) groups excluding carboxylic acids is 2. The van der Waals surface area contributed by atoms with Gasteiger partial charge in [-0.05, 0) is 101 Å². The summed E-state index contributed by atoms with van der Waals surface area (Å²) in [6.07, 6.45) is 0.996. The van der Waals surface area contributed by atoms with Gasteiger partial charge in [-0.25, -0.2) is 9.36 Å². The quantitative estimate of drug-likeness (QED) is 0.299. The molecule has 1 saturated heterocycles. The average molecular weight is 689 g/mol. The van der Waals surface area contributed by atoms with Crippen molar-refractivity contribution in [1.29, 1.82) is 5.26 Å². The highest BCUT2D eigenvalue weighted by molar-refractivity contribution is 6.00. The highest BCUT2D eigenvalue weighted by Gasteiger charge is 2.35. The molecule has 2 aromatic heterocycles. The first kappa shape index (κ1) is 34.7. The summed E-state index contributed by atoms with van der Waals surface area (Å²) in [4.78, 5) is 45.7. The Morgan fingerprint density at radius 2 is 1.64 bits per heavy atom. The predicted octanol–water partition coefficient (Wildman–Crippen LogP) is 4.76. The molecule has 4 aromatic rings. The van der Waals surface area contributed by atoms with Gasteiger partial charge >= 0.3 is 6.18 Å². The molecule has 2 aliphatic rings. The van der Waals surface area contributed by atoms with Gasteiger partial charge in [0.05, 0.1) is 40.5 Å². The molecule has 14 heteroatoms. The Morgan fingerprint density at radius 1 is 0.960 bits per heavy atom. The Morgan fingerprint density at radius 3 is 2.26 bits per heavy atom. The van der Waals surface area contributed by atoms with Crippen LogP contribution in [0.1, 0.15) is 60.0 Å². The second-order valence-electron chi connectivity index (χ2n) is 13.2. The van der Waals surface area contributed by atoms with E-state index in [2.05, 4.69) is 35.5 Å². The van der Waals surface area contributed by atoms with Crippen LogP contribution in [-0.4, -0.2) is 80.0 Å². The van der Waals surface area contributed by atoms with Crippen molar-refractivity contribution >= 4 is 11.8 Å². The zero-order valence-corrected chi connectivity index (χ0v) is 28.2. The second kappa shape index (κ2) is 14.0. The van der Waals surface area contributed by atoms with Crippen LogP contribution in [0.3, 0.4) is 0 Å². The van der Waals surface area contributed by atoms with E-state index in [-0.39, 0.29) is 34.8 Å². The Hall–Kier alpha value is -5.16. The maximum absolute atomic E-state index is 14.1. The van der Waals surface area contributed by atoms with Crippen LogP contribution in [0.5, 0.6) is 0 Å². The predicted molar refractivity (Wildman–Crippen MR) is 180 cm³/mol. The molecule has 1 N–H and O–H groups in total. The fourth-order valence-corrected chi connectivity index (χ4v) is 7.18. The molecule has 11 nitrogen and oxygen atoms in total. The molecular formula is C36H39F3N8O3. The van der Waals surface area contributed by atoms with Crippen LogP contribution >= 0.6 is 0 Å². The third kappa shape index (κ3) is 6.82. The number of nitrogens with zero attached hydrogens (tertiary/aromatic N) is 7. The Balaban J connectivity index is 1.29. The van der Waals surface area contributed by atoms with Crippen molar-refractivity contribution in [3.8, 4) is 28.8 Å². The van der Waals surface area contributed by atoms with Gasteiger partial charge in [0.1, 0.15) is 11.3 Å². The van der Waals surface area contributed by atoms with Crippen LogP contribution in [0.4, 0.5) is 13.2 Å². The van der Waals surface area contributed by atoms with Crippen LogP contribution in [0.25, 0.3) is 22.8 Å². The maximum Gasteiger partial charge on any atom is 0.416 e. The minimum absolute atomic E-state index is 0.0642. The second-order valence-corrected chi connectivity index (χ2v) is 13.2. The van der Waals surface area contributed by atoms with E-state index in [1.807, 2.05) is 4.90 Å². The molecule has 1 aliphatic carbocycles. The SMILES string of the molecule is CN(C)C1CCN(C(=O)[C@H]2CC[C@H](NC(=O)c3c(-c4ccnn4-c4ccc(C#N)cc4)n(C)n(-c4cccc(C(F)(F)F)c4)c3=O)CC2)CC1. The lowest BCUT2D eigenvalue weighted by molar-refractivity contribution is -0.138. The van der Waals surface area contributed by atoms with E-state index in [0.717, 1.165) is 42.7 Å². The number of likely N-dealkylation sites (tertiary alicyclic amines) is 1. The largest absolute Gasteiger partial charge is 0.416 e. The Bertz CT molecular complexity index is 1970. The van der Waals surface area contributed by atoms with Gasteiger partial charge in [-0.3, -0.25) is 19.1 Å². The summed E-state index contributed by atoms with van der Waals surface area (Å²) in [6, 6.07) is 14.7. The van der Waals surface area contributed by atoms with Crippen molar-refractivity contribution in [3.05, 3.63) is 87.8 Å². The number of hydrogen-bond acceptors (Lipinski definition) is 6. The van der Waals surface area contributed by atoms with Gasteiger partial charge in [0, 0.05) is 38.1 Å². The number of piperidine rings is 1. The fourth-order valence-electron chi connectivity index (χ4n) is 7.18. The normalized spacial score (nSPS) is 18.6. The molecule has 1 saturated carbocycles. The van der Waals surface area contributed by atoms with Gasteiger partial charge in [-0.1, -0.05) is 6.07 Å². The third-order valence-corrected chi connectivity index (χ3v) is 9.96. The van der Waals surface area contributed by atoms with E-state index in [1.165, 1.54) is 34.7 Å². The first-order valence-electron chi connectivity index (χ1n) is 16.7. The molecule has 0 radical (unpaired) electrons. The summed E-state index contributed by atoms with van der Waals surface area (Å²) in [5.74, 6) is -0.650.